The van der Waals surface area contributed by atoms with E-state index in [0.717, 1.165) is 43.4 Å². The van der Waals surface area contributed by atoms with E-state index in [1.165, 1.54) is 5.56 Å². The third kappa shape index (κ3) is 6.23. The van der Waals surface area contributed by atoms with E-state index in [9.17, 15) is 9.59 Å². The second-order valence-electron chi connectivity index (χ2n) is 7.97. The van der Waals surface area contributed by atoms with Gasteiger partial charge >= 0.3 is 6.09 Å². The van der Waals surface area contributed by atoms with Gasteiger partial charge in [-0.3, -0.25) is 4.79 Å². The first-order chi connectivity index (χ1) is 15.5. The van der Waals surface area contributed by atoms with Gasteiger partial charge < -0.3 is 20.4 Å². The van der Waals surface area contributed by atoms with E-state index in [1.54, 1.807) is 24.3 Å². The molecule has 0 saturated carbocycles. The van der Waals surface area contributed by atoms with Gasteiger partial charge in [0.25, 0.3) is 5.91 Å². The summed E-state index contributed by atoms with van der Waals surface area (Å²) in [7, 11) is 1.87. The Balaban J connectivity index is 1.45. The van der Waals surface area contributed by atoms with Gasteiger partial charge in [0.05, 0.1) is 11.3 Å². The van der Waals surface area contributed by atoms with Gasteiger partial charge in [-0.25, -0.2) is 4.79 Å². The third-order valence-corrected chi connectivity index (χ3v) is 5.56. The van der Waals surface area contributed by atoms with Crippen LogP contribution in [0.15, 0.2) is 60.7 Å². The molecule has 168 valence electrons. The van der Waals surface area contributed by atoms with Gasteiger partial charge in [-0.2, -0.15) is 0 Å². The highest BCUT2D eigenvalue weighted by Gasteiger charge is 2.17. The molecule has 1 aromatic heterocycles. The molecule has 0 aliphatic carbocycles. The van der Waals surface area contributed by atoms with Crippen LogP contribution >= 0.6 is 0 Å². The highest BCUT2D eigenvalue weighted by Crippen LogP contribution is 2.29. The van der Waals surface area contributed by atoms with Gasteiger partial charge in [0, 0.05) is 24.8 Å². The zero-order valence-corrected chi connectivity index (χ0v) is 18.8. The number of nitrogens with zero attached hydrogens (tertiary/aromatic N) is 1. The van der Waals surface area contributed by atoms with Crippen molar-refractivity contribution in [1.82, 2.24) is 9.88 Å². The molecule has 2 aromatic carbocycles. The first-order valence-electron chi connectivity index (χ1n) is 11.0. The maximum atomic E-state index is 12.2. The molecule has 0 fully saturated rings. The molecule has 1 heterocycles. The number of carbonyl (C=O) groups excluding carboxylic acids is 2. The van der Waals surface area contributed by atoms with Crippen molar-refractivity contribution in [3.8, 4) is 17.0 Å². The van der Waals surface area contributed by atoms with Crippen molar-refractivity contribution in [3.05, 3.63) is 77.5 Å². The molecule has 0 aliphatic heterocycles. The Morgan fingerprint density at radius 3 is 2.47 bits per heavy atom. The van der Waals surface area contributed by atoms with Crippen LogP contribution in [0, 0.1) is 6.92 Å². The Labute approximate surface area is 189 Å². The fraction of sp³-hybridized carbons (Fsp3) is 0.308. The van der Waals surface area contributed by atoms with Crippen molar-refractivity contribution in [1.29, 1.82) is 0 Å². The molecule has 32 heavy (non-hydrogen) atoms. The molecule has 3 rings (SSSR count). The number of hydrogen-bond acceptors (Lipinski definition) is 3. The normalized spacial score (nSPS) is 10.7. The largest absolute Gasteiger partial charge is 0.412 e. The summed E-state index contributed by atoms with van der Waals surface area (Å²) in [5.41, 5.74) is 9.73. The highest BCUT2D eigenvalue weighted by atomic mass is 16.6. The minimum Gasteiger partial charge on any atom is -0.410 e. The fourth-order valence-electron chi connectivity index (χ4n) is 3.76. The third-order valence-electron chi connectivity index (χ3n) is 5.56. The molecular weight excluding hydrogens is 402 g/mol. The number of aryl methyl sites for hydroxylation is 2. The second kappa shape index (κ2) is 11.2. The number of amides is 2. The van der Waals surface area contributed by atoms with Crippen molar-refractivity contribution < 1.29 is 14.3 Å². The summed E-state index contributed by atoms with van der Waals surface area (Å²) in [5, 5.41) is 2.80. The summed E-state index contributed by atoms with van der Waals surface area (Å²) < 4.78 is 7.33. The quantitative estimate of drug-likeness (QED) is 0.442. The predicted octanol–water partition coefficient (Wildman–Crippen LogP) is 4.99. The van der Waals surface area contributed by atoms with Crippen LogP contribution in [0.5, 0.6) is 5.75 Å². The van der Waals surface area contributed by atoms with Gasteiger partial charge in [0.15, 0.2) is 0 Å². The van der Waals surface area contributed by atoms with Crippen LogP contribution in [0.4, 0.5) is 4.79 Å². The van der Waals surface area contributed by atoms with E-state index in [2.05, 4.69) is 29.6 Å². The monoisotopic (exact) mass is 433 g/mol. The lowest BCUT2D eigenvalue weighted by Gasteiger charge is -2.10. The summed E-state index contributed by atoms with van der Waals surface area (Å²) in [5.74, 6) is -0.0753. The molecule has 6 heteroatoms. The molecular formula is C26H31N3O3. The molecule has 0 radical (unpaired) electrons. The van der Waals surface area contributed by atoms with Crippen molar-refractivity contribution >= 4 is 12.0 Å². The van der Waals surface area contributed by atoms with Crippen LogP contribution in [0.3, 0.4) is 0 Å². The van der Waals surface area contributed by atoms with Gasteiger partial charge in [-0.05, 0) is 49.9 Å². The van der Waals surface area contributed by atoms with Crippen molar-refractivity contribution in [2.75, 3.05) is 6.54 Å². The van der Waals surface area contributed by atoms with E-state index < -0.39 is 12.0 Å². The van der Waals surface area contributed by atoms with Crippen LogP contribution in [0.2, 0.25) is 0 Å². The summed E-state index contributed by atoms with van der Waals surface area (Å²) in [6.45, 7) is 2.48. The zero-order valence-electron chi connectivity index (χ0n) is 18.8. The maximum Gasteiger partial charge on any atom is 0.412 e. The smallest absolute Gasteiger partial charge is 0.410 e. The van der Waals surface area contributed by atoms with Gasteiger partial charge in [-0.1, -0.05) is 55.3 Å². The molecule has 0 saturated heterocycles. The van der Waals surface area contributed by atoms with Gasteiger partial charge in [0.1, 0.15) is 5.75 Å². The lowest BCUT2D eigenvalue weighted by Crippen LogP contribution is -2.27. The Kier molecular flexibility index (Phi) is 8.08. The van der Waals surface area contributed by atoms with Gasteiger partial charge in [-0.15, -0.1) is 0 Å². The predicted molar refractivity (Wildman–Crippen MR) is 127 cm³/mol. The number of rotatable bonds is 10. The number of nitrogens with one attached hydrogen (secondary N) is 1. The number of ether oxygens (including phenoxy) is 1. The van der Waals surface area contributed by atoms with Crippen LogP contribution in [0.25, 0.3) is 11.3 Å². The molecule has 2 amide bonds. The Bertz CT molecular complexity index is 1060. The second-order valence-corrected chi connectivity index (χ2v) is 7.97. The maximum absolute atomic E-state index is 12.2. The Morgan fingerprint density at radius 1 is 0.969 bits per heavy atom. The summed E-state index contributed by atoms with van der Waals surface area (Å²) in [6, 6.07) is 19.3. The van der Waals surface area contributed by atoms with Crippen LogP contribution < -0.4 is 15.8 Å². The number of carbonyl (C=O) groups is 2. The summed E-state index contributed by atoms with van der Waals surface area (Å²) in [6.07, 6.45) is 4.86. The number of primary amides is 1. The first kappa shape index (κ1) is 23.1. The number of nitrogens with two attached hydrogens (primary N) is 1. The van der Waals surface area contributed by atoms with Gasteiger partial charge in [0.2, 0.25) is 0 Å². The van der Waals surface area contributed by atoms with E-state index in [4.69, 9.17) is 10.5 Å². The number of hydrogen-bond donors (Lipinski definition) is 2. The lowest BCUT2D eigenvalue weighted by molar-refractivity contribution is 0.100. The van der Waals surface area contributed by atoms with E-state index >= 15 is 0 Å². The van der Waals surface area contributed by atoms with Crippen molar-refractivity contribution in [2.45, 2.75) is 39.0 Å². The SMILES string of the molecule is Cc1cc(C(N)=O)c(-c2cccc(OC(=O)NCCCCCCc3ccccc3)c2)n1C. The van der Waals surface area contributed by atoms with E-state index in [-0.39, 0.29) is 0 Å². The Hall–Kier alpha value is -3.54. The highest BCUT2D eigenvalue weighted by molar-refractivity contribution is 5.99. The molecule has 3 N–H and O–H groups in total. The average Bonchev–Trinajstić information content (AvgIpc) is 3.08. The molecule has 0 bridgehead atoms. The molecule has 0 atom stereocenters. The number of benzene rings is 2. The molecule has 3 aromatic rings. The first-order valence-corrected chi connectivity index (χ1v) is 11.0. The van der Waals surface area contributed by atoms with Crippen LogP contribution in [-0.4, -0.2) is 23.1 Å². The molecule has 0 spiro atoms. The molecule has 0 unspecified atom stereocenters. The Morgan fingerprint density at radius 2 is 1.72 bits per heavy atom. The topological polar surface area (TPSA) is 86.4 Å². The van der Waals surface area contributed by atoms with Crippen molar-refractivity contribution in [3.63, 3.8) is 0 Å². The minimum atomic E-state index is -0.489. The van der Waals surface area contributed by atoms with Crippen molar-refractivity contribution in [2.24, 2.45) is 12.8 Å². The zero-order chi connectivity index (χ0) is 22.9. The fourth-order valence-corrected chi connectivity index (χ4v) is 3.76. The van der Waals surface area contributed by atoms with E-state index in [0.29, 0.717) is 23.6 Å². The summed E-state index contributed by atoms with van der Waals surface area (Å²) in [4.78, 5) is 24.0. The number of aromatic nitrogens is 1. The van der Waals surface area contributed by atoms with Crippen LogP contribution in [0.1, 0.15) is 47.3 Å². The van der Waals surface area contributed by atoms with E-state index in [1.807, 2.05) is 30.7 Å². The number of unbranched alkanes of at least 4 members (excludes halogenated alkanes) is 3. The molecule has 0 aliphatic rings. The summed E-state index contributed by atoms with van der Waals surface area (Å²) >= 11 is 0. The lowest BCUT2D eigenvalue weighted by atomic mass is 10.1. The minimum absolute atomic E-state index is 0.414. The average molecular weight is 434 g/mol. The standard InChI is InChI=1S/C26H31N3O3/c1-19-17-23(25(27)30)24(29(19)2)21-14-10-15-22(18-21)32-26(31)28-16-9-4-3-6-11-20-12-7-5-8-13-20/h5,7-8,10,12-15,17-18H,3-4,6,9,11,16H2,1-2H3,(H2,27,30)(H,28,31). The van der Waals surface area contributed by atoms with Crippen LogP contribution in [-0.2, 0) is 13.5 Å². The molecule has 6 nitrogen and oxygen atoms in total.